The number of hydrogen-bond acceptors (Lipinski definition) is 7. The third-order valence-corrected chi connectivity index (χ3v) is 5.83. The average molecular weight is 318 g/mol. The van der Waals surface area contributed by atoms with Crippen molar-refractivity contribution in [2.45, 2.75) is 25.8 Å². The zero-order valence-corrected chi connectivity index (χ0v) is 12.4. The number of nitrogens with one attached hydrogen (secondary N) is 1. The van der Waals surface area contributed by atoms with Crippen molar-refractivity contribution in [3.63, 3.8) is 0 Å². The lowest BCUT2D eigenvalue weighted by Gasteiger charge is -2.22. The van der Waals surface area contributed by atoms with Crippen molar-refractivity contribution < 1.29 is 23.1 Å². The fraction of sp³-hybridized carbons (Fsp3) is 0.545. The Morgan fingerprint density at radius 3 is 2.40 bits per heavy atom. The normalized spacial score (nSPS) is 18.6. The summed E-state index contributed by atoms with van der Waals surface area (Å²) in [6.07, 6.45) is 0.916. The van der Waals surface area contributed by atoms with Gasteiger partial charge in [-0.1, -0.05) is 11.3 Å². The first-order valence-corrected chi connectivity index (χ1v) is 8.64. The molecular weight excluding hydrogens is 304 g/mol. The molecule has 1 aromatic rings. The maximum atomic E-state index is 11.4. The van der Waals surface area contributed by atoms with E-state index in [0.29, 0.717) is 18.0 Å². The Morgan fingerprint density at radius 2 is 1.95 bits per heavy atom. The second kappa shape index (κ2) is 5.49. The van der Waals surface area contributed by atoms with Gasteiger partial charge in [-0.05, 0) is 12.8 Å². The first-order chi connectivity index (χ1) is 9.28. The lowest BCUT2D eigenvalue weighted by molar-refractivity contribution is 0.0687. The van der Waals surface area contributed by atoms with Crippen molar-refractivity contribution in [2.24, 2.45) is 0 Å². The Kier molecular flexibility index (Phi) is 4.09. The number of hydrogen-bond donors (Lipinski definition) is 2. The fourth-order valence-corrected chi connectivity index (χ4v) is 4.40. The minimum absolute atomic E-state index is 0.0638. The van der Waals surface area contributed by atoms with Gasteiger partial charge in [-0.15, -0.1) is 0 Å². The molecule has 0 aliphatic carbocycles. The van der Waals surface area contributed by atoms with Crippen molar-refractivity contribution in [3.8, 4) is 0 Å². The lowest BCUT2D eigenvalue weighted by Crippen LogP contribution is -2.32. The molecule has 1 aliphatic heterocycles. The van der Waals surface area contributed by atoms with Gasteiger partial charge in [0.1, 0.15) is 14.7 Å². The molecule has 2 heterocycles. The molecule has 0 radical (unpaired) electrons. The number of aromatic carboxylic acids is 1. The van der Waals surface area contributed by atoms with Crippen LogP contribution in [0.1, 0.15) is 39.9 Å². The molecule has 110 valence electrons. The number of carboxylic acids is 1. The summed E-state index contributed by atoms with van der Waals surface area (Å²) in [4.78, 5) is 26.4. The number of carbonyl (C=O) groups excluding carboxylic acids is 1. The van der Waals surface area contributed by atoms with E-state index in [-0.39, 0.29) is 33.9 Å². The number of carboxylic acid groups (broad SMARTS) is 1. The quantitative estimate of drug-likeness (QED) is 0.797. The Bertz CT molecular complexity index is 604. The highest BCUT2D eigenvalue weighted by atomic mass is 32.2. The molecule has 1 aromatic heterocycles. The minimum Gasteiger partial charge on any atom is -0.476 e. The molecule has 0 unspecified atom stereocenters. The maximum Gasteiger partial charge on any atom is 0.356 e. The molecule has 1 saturated heterocycles. The molecule has 0 amide bonds. The van der Waals surface area contributed by atoms with Crippen molar-refractivity contribution in [1.82, 2.24) is 4.98 Å². The van der Waals surface area contributed by atoms with Crippen LogP contribution in [0.4, 0.5) is 5.13 Å². The third kappa shape index (κ3) is 3.34. The molecule has 0 bridgehead atoms. The van der Waals surface area contributed by atoms with Crippen LogP contribution in [0.25, 0.3) is 0 Å². The summed E-state index contributed by atoms with van der Waals surface area (Å²) < 4.78 is 22.6. The highest BCUT2D eigenvalue weighted by molar-refractivity contribution is 7.91. The van der Waals surface area contributed by atoms with Crippen LogP contribution in [-0.4, -0.2) is 47.8 Å². The third-order valence-electron chi connectivity index (χ3n) is 3.03. The maximum absolute atomic E-state index is 11.4. The van der Waals surface area contributed by atoms with Gasteiger partial charge < -0.3 is 10.4 Å². The molecule has 1 aliphatic rings. The summed E-state index contributed by atoms with van der Waals surface area (Å²) in [6.45, 7) is 1.29. The van der Waals surface area contributed by atoms with Crippen LogP contribution in [0, 0.1) is 0 Å². The fourth-order valence-electron chi connectivity index (χ4n) is 1.97. The van der Waals surface area contributed by atoms with Gasteiger partial charge in [-0.3, -0.25) is 4.79 Å². The molecule has 2 rings (SSSR count). The summed E-state index contributed by atoms with van der Waals surface area (Å²) in [6, 6.07) is -0.0638. The highest BCUT2D eigenvalue weighted by Gasteiger charge is 2.26. The molecular formula is C11H14N2O5S2. The van der Waals surface area contributed by atoms with Crippen LogP contribution in [0.3, 0.4) is 0 Å². The molecule has 0 aromatic carbocycles. The number of Topliss-reactive ketones (excluding diaryl/α,β-unsaturated/α-hetero) is 1. The van der Waals surface area contributed by atoms with E-state index < -0.39 is 15.8 Å². The first kappa shape index (κ1) is 14.9. The van der Waals surface area contributed by atoms with Gasteiger partial charge in [0.2, 0.25) is 0 Å². The number of rotatable bonds is 4. The number of ketones is 1. The molecule has 2 N–H and O–H groups in total. The Morgan fingerprint density at radius 1 is 1.35 bits per heavy atom. The van der Waals surface area contributed by atoms with Gasteiger partial charge in [0.15, 0.2) is 16.6 Å². The van der Waals surface area contributed by atoms with E-state index in [4.69, 9.17) is 5.11 Å². The summed E-state index contributed by atoms with van der Waals surface area (Å²) >= 11 is 0.987. The predicted molar refractivity (Wildman–Crippen MR) is 74.4 cm³/mol. The van der Waals surface area contributed by atoms with Crippen molar-refractivity contribution in [2.75, 3.05) is 16.8 Å². The van der Waals surface area contributed by atoms with Crippen molar-refractivity contribution >= 4 is 38.1 Å². The number of nitrogens with zero attached hydrogens (tertiary/aromatic N) is 1. The summed E-state index contributed by atoms with van der Waals surface area (Å²) in [5.41, 5.74) is -0.256. The van der Waals surface area contributed by atoms with E-state index in [1.807, 2.05) is 0 Å². The number of thiazole rings is 1. The second-order valence-electron chi connectivity index (χ2n) is 4.63. The van der Waals surface area contributed by atoms with Crippen LogP contribution in [-0.2, 0) is 9.84 Å². The monoisotopic (exact) mass is 318 g/mol. The Hall–Kier alpha value is -1.48. The topological polar surface area (TPSA) is 113 Å². The molecule has 9 heteroatoms. The van der Waals surface area contributed by atoms with Gasteiger partial charge in [-0.25, -0.2) is 18.2 Å². The van der Waals surface area contributed by atoms with Gasteiger partial charge >= 0.3 is 5.97 Å². The van der Waals surface area contributed by atoms with E-state index in [1.165, 1.54) is 6.92 Å². The SMILES string of the molecule is CC(=O)c1sc(NC2CCS(=O)(=O)CC2)nc1C(=O)O. The van der Waals surface area contributed by atoms with Crippen molar-refractivity contribution in [1.29, 1.82) is 0 Å². The van der Waals surface area contributed by atoms with E-state index in [2.05, 4.69) is 10.3 Å². The number of sulfone groups is 1. The van der Waals surface area contributed by atoms with E-state index >= 15 is 0 Å². The molecule has 7 nitrogen and oxygen atoms in total. The Labute approximate surface area is 119 Å². The van der Waals surface area contributed by atoms with Gasteiger partial charge in [0.25, 0.3) is 0 Å². The lowest BCUT2D eigenvalue weighted by atomic mass is 10.2. The summed E-state index contributed by atoms with van der Waals surface area (Å²) in [5, 5.41) is 12.3. The van der Waals surface area contributed by atoms with E-state index in [1.54, 1.807) is 0 Å². The highest BCUT2D eigenvalue weighted by Crippen LogP contribution is 2.26. The van der Waals surface area contributed by atoms with Crippen LogP contribution < -0.4 is 5.32 Å². The predicted octanol–water partition coefficient (Wildman–Crippen LogP) is 1.03. The van der Waals surface area contributed by atoms with Gasteiger partial charge in [0, 0.05) is 13.0 Å². The number of anilines is 1. The zero-order valence-electron chi connectivity index (χ0n) is 10.7. The van der Waals surface area contributed by atoms with Crippen molar-refractivity contribution in [3.05, 3.63) is 10.6 Å². The largest absolute Gasteiger partial charge is 0.476 e. The molecule has 20 heavy (non-hydrogen) atoms. The molecule has 0 saturated carbocycles. The Balaban J connectivity index is 2.13. The van der Waals surface area contributed by atoms with Crippen LogP contribution in [0.5, 0.6) is 0 Å². The number of carbonyl (C=O) groups is 2. The minimum atomic E-state index is -2.94. The summed E-state index contributed by atoms with van der Waals surface area (Å²) in [5.74, 6) is -1.37. The second-order valence-corrected chi connectivity index (χ2v) is 7.93. The van der Waals surface area contributed by atoms with Crippen LogP contribution >= 0.6 is 11.3 Å². The average Bonchev–Trinajstić information content (AvgIpc) is 2.76. The van der Waals surface area contributed by atoms with Gasteiger partial charge in [-0.2, -0.15) is 0 Å². The molecule has 0 spiro atoms. The standard InChI is InChI=1S/C11H14N2O5S2/c1-6(14)9-8(10(15)16)13-11(19-9)12-7-2-4-20(17,18)5-3-7/h7H,2-5H2,1H3,(H,12,13)(H,15,16). The van der Waals surface area contributed by atoms with Crippen LogP contribution in [0.2, 0.25) is 0 Å². The first-order valence-electron chi connectivity index (χ1n) is 6.00. The van der Waals surface area contributed by atoms with Crippen LogP contribution in [0.15, 0.2) is 0 Å². The number of aromatic nitrogens is 1. The van der Waals surface area contributed by atoms with E-state index in [9.17, 15) is 18.0 Å². The van der Waals surface area contributed by atoms with E-state index in [0.717, 1.165) is 11.3 Å². The molecule has 0 atom stereocenters. The summed E-state index contributed by atoms with van der Waals surface area (Å²) in [7, 11) is -2.94. The zero-order chi connectivity index (χ0) is 14.9. The van der Waals surface area contributed by atoms with Gasteiger partial charge in [0.05, 0.1) is 11.5 Å². The smallest absolute Gasteiger partial charge is 0.356 e. The molecule has 1 fully saturated rings.